The van der Waals surface area contributed by atoms with Crippen molar-refractivity contribution < 1.29 is 9.59 Å². The maximum Gasteiger partial charge on any atom is 0.248 e. The predicted octanol–water partition coefficient (Wildman–Crippen LogP) is 1.04. The Kier molecular flexibility index (Phi) is 4.17. The minimum Gasteiger partial charge on any atom is -0.366 e. The van der Waals surface area contributed by atoms with Gasteiger partial charge >= 0.3 is 0 Å². The molecule has 0 aliphatic heterocycles. The number of nitrogens with two attached hydrogens (primary N) is 1. The molecule has 0 unspecified atom stereocenters. The first-order chi connectivity index (χ1) is 7.13. The van der Waals surface area contributed by atoms with Gasteiger partial charge < -0.3 is 11.1 Å². The van der Waals surface area contributed by atoms with E-state index >= 15 is 0 Å². The summed E-state index contributed by atoms with van der Waals surface area (Å²) >= 11 is 3.94. The van der Waals surface area contributed by atoms with E-state index < -0.39 is 5.91 Å². The van der Waals surface area contributed by atoms with Gasteiger partial charge in [0.1, 0.15) is 0 Å². The summed E-state index contributed by atoms with van der Waals surface area (Å²) in [6, 6.07) is 6.49. The van der Waals surface area contributed by atoms with Crippen LogP contribution in [0.4, 0.5) is 5.69 Å². The zero-order valence-electron chi connectivity index (χ0n) is 8.06. The molecule has 0 bridgehead atoms. The van der Waals surface area contributed by atoms with Crippen molar-refractivity contribution in [3.8, 4) is 0 Å². The summed E-state index contributed by atoms with van der Waals surface area (Å²) in [5.41, 5.74) is 6.05. The van der Waals surface area contributed by atoms with Gasteiger partial charge in [0.15, 0.2) is 0 Å². The van der Waals surface area contributed by atoms with Crippen LogP contribution in [-0.2, 0) is 4.79 Å². The second-order valence-corrected chi connectivity index (χ2v) is 3.41. The van der Waals surface area contributed by atoms with Crippen LogP contribution in [0.25, 0.3) is 0 Å². The smallest absolute Gasteiger partial charge is 0.248 e. The summed E-state index contributed by atoms with van der Waals surface area (Å²) in [6.07, 6.45) is 0.337. The van der Waals surface area contributed by atoms with Crippen molar-refractivity contribution in [3.63, 3.8) is 0 Å². The molecule has 4 nitrogen and oxygen atoms in total. The Morgan fingerprint density at radius 1 is 1.40 bits per heavy atom. The summed E-state index contributed by atoms with van der Waals surface area (Å²) in [6.45, 7) is 0. The van der Waals surface area contributed by atoms with Gasteiger partial charge in [-0.2, -0.15) is 12.6 Å². The maximum atomic E-state index is 11.2. The van der Waals surface area contributed by atoms with Crippen LogP contribution in [0.3, 0.4) is 0 Å². The molecule has 0 saturated heterocycles. The van der Waals surface area contributed by atoms with Crippen LogP contribution in [0.5, 0.6) is 0 Å². The molecule has 1 aromatic rings. The third-order valence-electron chi connectivity index (χ3n) is 1.77. The number of nitrogens with one attached hydrogen (secondary N) is 1. The first-order valence-electron chi connectivity index (χ1n) is 4.44. The number of carbonyl (C=O) groups is 2. The van der Waals surface area contributed by atoms with Gasteiger partial charge in [0.25, 0.3) is 0 Å². The Morgan fingerprint density at radius 2 is 2.13 bits per heavy atom. The zero-order chi connectivity index (χ0) is 11.3. The predicted molar refractivity (Wildman–Crippen MR) is 62.1 cm³/mol. The molecule has 1 aromatic carbocycles. The first kappa shape index (κ1) is 11.6. The van der Waals surface area contributed by atoms with E-state index in [2.05, 4.69) is 17.9 Å². The van der Waals surface area contributed by atoms with E-state index in [9.17, 15) is 9.59 Å². The van der Waals surface area contributed by atoms with E-state index in [0.717, 1.165) is 0 Å². The molecule has 0 saturated carbocycles. The van der Waals surface area contributed by atoms with Crippen LogP contribution in [-0.4, -0.2) is 17.6 Å². The lowest BCUT2D eigenvalue weighted by molar-refractivity contribution is -0.115. The molecular formula is C10H12N2O2S. The summed E-state index contributed by atoms with van der Waals surface area (Å²) < 4.78 is 0. The molecule has 3 N–H and O–H groups in total. The molecule has 0 spiro atoms. The number of carbonyl (C=O) groups excluding carboxylic acids is 2. The van der Waals surface area contributed by atoms with E-state index in [0.29, 0.717) is 23.4 Å². The van der Waals surface area contributed by atoms with Gasteiger partial charge in [0.05, 0.1) is 0 Å². The SMILES string of the molecule is NC(=O)c1cccc(NC(=O)CCS)c1. The van der Waals surface area contributed by atoms with E-state index in [1.165, 1.54) is 0 Å². The molecular weight excluding hydrogens is 212 g/mol. The van der Waals surface area contributed by atoms with Gasteiger partial charge in [-0.05, 0) is 24.0 Å². The molecule has 80 valence electrons. The number of benzene rings is 1. The minimum absolute atomic E-state index is 0.133. The van der Waals surface area contributed by atoms with Crippen molar-refractivity contribution in [2.45, 2.75) is 6.42 Å². The van der Waals surface area contributed by atoms with Crippen molar-refractivity contribution in [3.05, 3.63) is 29.8 Å². The number of thiol groups is 1. The number of rotatable bonds is 4. The summed E-state index contributed by atoms with van der Waals surface area (Å²) in [5.74, 6) is -0.159. The van der Waals surface area contributed by atoms with Crippen LogP contribution in [0, 0.1) is 0 Å². The largest absolute Gasteiger partial charge is 0.366 e. The molecule has 0 aliphatic carbocycles. The molecule has 0 heterocycles. The normalized spacial score (nSPS) is 9.67. The highest BCUT2D eigenvalue weighted by molar-refractivity contribution is 7.80. The molecule has 0 atom stereocenters. The minimum atomic E-state index is -0.514. The summed E-state index contributed by atoms with van der Waals surface area (Å²) in [5, 5.41) is 2.64. The van der Waals surface area contributed by atoms with Crippen molar-refractivity contribution >= 4 is 30.1 Å². The topological polar surface area (TPSA) is 72.2 Å². The molecule has 0 radical (unpaired) electrons. The molecule has 0 fully saturated rings. The number of amides is 2. The molecule has 1 rings (SSSR count). The van der Waals surface area contributed by atoms with Crippen LogP contribution in [0.1, 0.15) is 16.8 Å². The lowest BCUT2D eigenvalue weighted by atomic mass is 10.2. The molecule has 0 aliphatic rings. The van der Waals surface area contributed by atoms with Gasteiger partial charge in [-0.3, -0.25) is 9.59 Å². The van der Waals surface area contributed by atoms with Crippen LogP contribution in [0.2, 0.25) is 0 Å². The Morgan fingerprint density at radius 3 is 2.73 bits per heavy atom. The van der Waals surface area contributed by atoms with Gasteiger partial charge in [-0.25, -0.2) is 0 Å². The van der Waals surface area contributed by atoms with Crippen molar-refractivity contribution in [1.82, 2.24) is 0 Å². The summed E-state index contributed by atoms with van der Waals surface area (Å²) in [7, 11) is 0. The van der Waals surface area contributed by atoms with Gasteiger partial charge in [0.2, 0.25) is 11.8 Å². The number of hydrogen-bond acceptors (Lipinski definition) is 3. The first-order valence-corrected chi connectivity index (χ1v) is 5.07. The van der Waals surface area contributed by atoms with E-state index in [4.69, 9.17) is 5.73 Å². The van der Waals surface area contributed by atoms with E-state index in [1.807, 2.05) is 0 Å². The highest BCUT2D eigenvalue weighted by Gasteiger charge is 2.03. The second kappa shape index (κ2) is 5.41. The fraction of sp³-hybridized carbons (Fsp3) is 0.200. The highest BCUT2D eigenvalue weighted by atomic mass is 32.1. The third kappa shape index (κ3) is 3.63. The fourth-order valence-electron chi connectivity index (χ4n) is 1.08. The molecule has 5 heteroatoms. The Labute approximate surface area is 93.3 Å². The van der Waals surface area contributed by atoms with Gasteiger partial charge in [-0.15, -0.1) is 0 Å². The molecule has 2 amide bonds. The van der Waals surface area contributed by atoms with E-state index in [-0.39, 0.29) is 5.91 Å². The standard InChI is InChI=1S/C10H12N2O2S/c11-10(14)7-2-1-3-8(6-7)12-9(13)4-5-15/h1-3,6,15H,4-5H2,(H2,11,14)(H,12,13). The number of primary amides is 1. The molecule has 0 aromatic heterocycles. The van der Waals surface area contributed by atoms with E-state index in [1.54, 1.807) is 24.3 Å². The van der Waals surface area contributed by atoms with Crippen LogP contribution in [0.15, 0.2) is 24.3 Å². The van der Waals surface area contributed by atoms with Crippen molar-refractivity contribution in [2.75, 3.05) is 11.1 Å². The van der Waals surface area contributed by atoms with Gasteiger partial charge in [-0.1, -0.05) is 6.07 Å². The molecule has 15 heavy (non-hydrogen) atoms. The average Bonchev–Trinajstić information content (AvgIpc) is 2.18. The van der Waals surface area contributed by atoms with Crippen LogP contribution < -0.4 is 11.1 Å². The van der Waals surface area contributed by atoms with Crippen molar-refractivity contribution in [2.24, 2.45) is 5.73 Å². The lowest BCUT2D eigenvalue weighted by Crippen LogP contribution is -2.14. The number of anilines is 1. The van der Waals surface area contributed by atoms with Crippen molar-refractivity contribution in [1.29, 1.82) is 0 Å². The Bertz CT molecular complexity index is 379. The van der Waals surface area contributed by atoms with Crippen LogP contribution >= 0.6 is 12.6 Å². The highest BCUT2D eigenvalue weighted by Crippen LogP contribution is 2.10. The monoisotopic (exact) mass is 224 g/mol. The second-order valence-electron chi connectivity index (χ2n) is 2.97. The summed E-state index contributed by atoms with van der Waals surface area (Å²) in [4.78, 5) is 22.1. The quantitative estimate of drug-likeness (QED) is 0.669. The number of hydrogen-bond donors (Lipinski definition) is 3. The Hall–Kier alpha value is -1.49. The third-order valence-corrected chi connectivity index (χ3v) is 1.99. The fourth-order valence-corrected chi connectivity index (χ4v) is 1.28. The maximum absolute atomic E-state index is 11.2. The van der Waals surface area contributed by atoms with Gasteiger partial charge in [0, 0.05) is 17.7 Å². The lowest BCUT2D eigenvalue weighted by Gasteiger charge is -2.04. The Balaban J connectivity index is 2.73. The average molecular weight is 224 g/mol. The zero-order valence-corrected chi connectivity index (χ0v) is 8.96.